The highest BCUT2D eigenvalue weighted by Gasteiger charge is 2.25. The van der Waals surface area contributed by atoms with E-state index in [9.17, 15) is 0 Å². The summed E-state index contributed by atoms with van der Waals surface area (Å²) in [7, 11) is 1.62. The Bertz CT molecular complexity index is 395. The van der Waals surface area contributed by atoms with E-state index in [1.54, 1.807) is 7.11 Å². The number of nitrogens with two attached hydrogens (primary N) is 1. The molecule has 100 valence electrons. The first kappa shape index (κ1) is 13.6. The molecule has 0 spiro atoms. The maximum Gasteiger partial charge on any atom is 0.137 e. The first-order valence-corrected chi connectivity index (χ1v) is 6.51. The molecule has 1 heterocycles. The molecule has 1 aromatic rings. The quantitative estimate of drug-likeness (QED) is 0.651. The Morgan fingerprint density at radius 1 is 1.44 bits per heavy atom. The van der Waals surface area contributed by atoms with Crippen LogP contribution in [-0.2, 0) is 4.74 Å². The van der Waals surface area contributed by atoms with Crippen molar-refractivity contribution in [3.05, 3.63) is 28.8 Å². The van der Waals surface area contributed by atoms with Crippen molar-refractivity contribution in [3.8, 4) is 5.75 Å². The van der Waals surface area contributed by atoms with Gasteiger partial charge in [-0.05, 0) is 36.5 Å². The zero-order chi connectivity index (χ0) is 13.0. The minimum absolute atomic E-state index is 0.111. The average Bonchev–Trinajstić information content (AvgIpc) is 2.42. The number of hydrazine groups is 1. The van der Waals surface area contributed by atoms with Gasteiger partial charge >= 0.3 is 0 Å². The topological polar surface area (TPSA) is 56.5 Å². The van der Waals surface area contributed by atoms with Gasteiger partial charge in [-0.25, -0.2) is 0 Å². The summed E-state index contributed by atoms with van der Waals surface area (Å²) in [5, 5.41) is 0.615. The van der Waals surface area contributed by atoms with Gasteiger partial charge in [-0.3, -0.25) is 11.3 Å². The predicted molar refractivity (Wildman–Crippen MR) is 71.6 cm³/mol. The largest absolute Gasteiger partial charge is 0.495 e. The Morgan fingerprint density at radius 2 is 2.17 bits per heavy atom. The minimum Gasteiger partial charge on any atom is -0.495 e. The summed E-state index contributed by atoms with van der Waals surface area (Å²) in [6.07, 6.45) is 2.03. The Hall–Kier alpha value is -0.810. The fourth-order valence-corrected chi connectivity index (χ4v) is 2.62. The van der Waals surface area contributed by atoms with Gasteiger partial charge in [0.15, 0.2) is 0 Å². The molecule has 3 N–H and O–H groups in total. The van der Waals surface area contributed by atoms with Crippen molar-refractivity contribution < 1.29 is 9.47 Å². The van der Waals surface area contributed by atoms with E-state index in [2.05, 4.69) is 5.43 Å². The van der Waals surface area contributed by atoms with Crippen LogP contribution in [0.3, 0.4) is 0 Å². The predicted octanol–water partition coefficient (Wildman–Crippen LogP) is 2.28. The van der Waals surface area contributed by atoms with Crippen LogP contribution in [-0.4, -0.2) is 20.3 Å². The van der Waals surface area contributed by atoms with Crippen LogP contribution < -0.4 is 16.0 Å². The van der Waals surface area contributed by atoms with Crippen LogP contribution in [0.4, 0.5) is 0 Å². The average molecular weight is 271 g/mol. The van der Waals surface area contributed by atoms with Gasteiger partial charge in [0, 0.05) is 19.3 Å². The van der Waals surface area contributed by atoms with Gasteiger partial charge in [0.25, 0.3) is 0 Å². The summed E-state index contributed by atoms with van der Waals surface area (Å²) in [5.41, 5.74) is 4.01. The van der Waals surface area contributed by atoms with E-state index in [0.29, 0.717) is 16.7 Å². The molecule has 0 aliphatic carbocycles. The number of hydrogen-bond acceptors (Lipinski definition) is 4. The minimum atomic E-state index is 0.111. The zero-order valence-corrected chi connectivity index (χ0v) is 11.2. The molecule has 1 unspecified atom stereocenters. The molecule has 1 aliphatic rings. The van der Waals surface area contributed by atoms with E-state index in [4.69, 9.17) is 26.9 Å². The summed E-state index contributed by atoms with van der Waals surface area (Å²) in [6.45, 7) is 1.60. The maximum atomic E-state index is 6.03. The highest BCUT2D eigenvalue weighted by Crippen LogP contribution is 2.33. The second-order valence-electron chi connectivity index (χ2n) is 4.49. The summed E-state index contributed by atoms with van der Waals surface area (Å²) in [4.78, 5) is 0. The smallest absolute Gasteiger partial charge is 0.137 e. The summed E-state index contributed by atoms with van der Waals surface area (Å²) < 4.78 is 10.6. The maximum absolute atomic E-state index is 6.03. The number of ether oxygens (including phenoxy) is 2. The van der Waals surface area contributed by atoms with Crippen molar-refractivity contribution in [1.82, 2.24) is 5.43 Å². The van der Waals surface area contributed by atoms with Gasteiger partial charge in [0.05, 0.1) is 12.1 Å². The number of rotatable bonds is 4. The van der Waals surface area contributed by atoms with Crippen LogP contribution in [0.15, 0.2) is 18.2 Å². The molecule has 0 aromatic heterocycles. The lowest BCUT2D eigenvalue weighted by molar-refractivity contribution is 0.0536. The van der Waals surface area contributed by atoms with E-state index in [0.717, 1.165) is 31.6 Å². The molecule has 0 bridgehead atoms. The van der Waals surface area contributed by atoms with Crippen molar-refractivity contribution in [2.45, 2.75) is 18.9 Å². The van der Waals surface area contributed by atoms with Gasteiger partial charge in [-0.2, -0.15) is 0 Å². The molecule has 18 heavy (non-hydrogen) atoms. The van der Waals surface area contributed by atoms with E-state index >= 15 is 0 Å². The van der Waals surface area contributed by atoms with Crippen molar-refractivity contribution in [3.63, 3.8) is 0 Å². The van der Waals surface area contributed by atoms with Crippen LogP contribution in [0, 0.1) is 5.92 Å². The van der Waals surface area contributed by atoms with E-state index in [1.165, 1.54) is 0 Å². The standard InChI is InChI=1S/C13H19ClN2O2/c1-17-12-8-10(2-3-11(12)14)13(16-15)9-4-6-18-7-5-9/h2-3,8-9,13,16H,4-7,15H2,1H3. The molecule has 1 aromatic carbocycles. The molecule has 2 rings (SSSR count). The lowest BCUT2D eigenvalue weighted by Gasteiger charge is -2.30. The summed E-state index contributed by atoms with van der Waals surface area (Å²) in [5.74, 6) is 6.86. The Kier molecular flexibility index (Phi) is 4.83. The fourth-order valence-electron chi connectivity index (χ4n) is 2.42. The molecule has 1 atom stereocenters. The van der Waals surface area contributed by atoms with Gasteiger partial charge in [-0.1, -0.05) is 17.7 Å². The first-order chi connectivity index (χ1) is 8.76. The lowest BCUT2D eigenvalue weighted by atomic mass is 9.87. The van der Waals surface area contributed by atoms with E-state index in [1.807, 2.05) is 18.2 Å². The monoisotopic (exact) mass is 270 g/mol. The van der Waals surface area contributed by atoms with Crippen molar-refractivity contribution in [1.29, 1.82) is 0 Å². The molecule has 4 nitrogen and oxygen atoms in total. The molecule has 5 heteroatoms. The van der Waals surface area contributed by atoms with Crippen LogP contribution in [0.2, 0.25) is 5.02 Å². The molecule has 0 saturated carbocycles. The molecular formula is C13H19ClN2O2. The number of benzene rings is 1. The Morgan fingerprint density at radius 3 is 2.78 bits per heavy atom. The molecular weight excluding hydrogens is 252 g/mol. The van der Waals surface area contributed by atoms with Crippen molar-refractivity contribution in [2.24, 2.45) is 11.8 Å². The fraction of sp³-hybridized carbons (Fsp3) is 0.538. The van der Waals surface area contributed by atoms with Crippen molar-refractivity contribution >= 4 is 11.6 Å². The molecule has 0 radical (unpaired) electrons. The molecule has 1 aliphatic heterocycles. The number of halogens is 1. The van der Waals surface area contributed by atoms with Crippen LogP contribution in [0.25, 0.3) is 0 Å². The van der Waals surface area contributed by atoms with Crippen LogP contribution in [0.1, 0.15) is 24.4 Å². The van der Waals surface area contributed by atoms with Gasteiger partial charge in [-0.15, -0.1) is 0 Å². The SMILES string of the molecule is COc1cc(C(NN)C2CCOCC2)ccc1Cl. The molecule has 0 amide bonds. The number of methoxy groups -OCH3 is 1. The van der Waals surface area contributed by atoms with Gasteiger partial charge < -0.3 is 9.47 Å². The van der Waals surface area contributed by atoms with Gasteiger partial charge in [0.2, 0.25) is 0 Å². The Labute approximate surface area is 112 Å². The van der Waals surface area contributed by atoms with Crippen LogP contribution in [0.5, 0.6) is 5.75 Å². The zero-order valence-electron chi connectivity index (χ0n) is 10.5. The summed E-state index contributed by atoms with van der Waals surface area (Å²) in [6, 6.07) is 5.90. The highest BCUT2D eigenvalue weighted by atomic mass is 35.5. The second kappa shape index (κ2) is 6.38. The second-order valence-corrected chi connectivity index (χ2v) is 4.90. The van der Waals surface area contributed by atoms with E-state index < -0.39 is 0 Å². The van der Waals surface area contributed by atoms with Gasteiger partial charge in [0.1, 0.15) is 5.75 Å². The third-order valence-corrected chi connectivity index (χ3v) is 3.76. The lowest BCUT2D eigenvalue weighted by Crippen LogP contribution is -2.36. The first-order valence-electron chi connectivity index (χ1n) is 6.13. The number of nitrogens with one attached hydrogen (secondary N) is 1. The van der Waals surface area contributed by atoms with Crippen LogP contribution >= 0.6 is 11.6 Å². The third-order valence-electron chi connectivity index (χ3n) is 3.45. The summed E-state index contributed by atoms with van der Waals surface area (Å²) >= 11 is 6.03. The Balaban J connectivity index is 2.20. The van der Waals surface area contributed by atoms with E-state index in [-0.39, 0.29) is 6.04 Å². The normalized spacial score (nSPS) is 18.6. The van der Waals surface area contributed by atoms with Crippen molar-refractivity contribution in [2.75, 3.05) is 20.3 Å². The molecule has 1 saturated heterocycles. The highest BCUT2D eigenvalue weighted by molar-refractivity contribution is 6.32. The molecule has 1 fully saturated rings. The number of hydrogen-bond donors (Lipinski definition) is 2. The third kappa shape index (κ3) is 2.95.